The Kier molecular flexibility index (Phi) is 7.56. The topological polar surface area (TPSA) is 127 Å². The van der Waals surface area contributed by atoms with Crippen LogP contribution in [-0.2, 0) is 20.8 Å². The molecule has 1 aromatic rings. The Morgan fingerprint density at radius 2 is 1.77 bits per heavy atom. The Hall–Kier alpha value is -2.62. The van der Waals surface area contributed by atoms with E-state index in [0.717, 1.165) is 12.0 Å². The number of carbonyl (C=O) groups is 3. The third-order valence-corrected chi connectivity index (χ3v) is 3.72. The minimum atomic E-state index is -5.08. The van der Waals surface area contributed by atoms with Gasteiger partial charge in [0.25, 0.3) is 0 Å². The van der Waals surface area contributed by atoms with Crippen LogP contribution in [0, 0.1) is 0 Å². The maximum Gasteiger partial charge on any atom is 0.490 e. The first-order chi connectivity index (χ1) is 12.0. The van der Waals surface area contributed by atoms with E-state index in [4.69, 9.17) is 21.4 Å². The summed E-state index contributed by atoms with van der Waals surface area (Å²) in [7, 11) is 0. The number of likely N-dealkylation sites (tertiary alicyclic amines) is 1. The number of halogens is 3. The molecule has 10 heteroatoms. The zero-order valence-electron chi connectivity index (χ0n) is 13.8. The van der Waals surface area contributed by atoms with Gasteiger partial charge in [-0.15, -0.1) is 0 Å². The fourth-order valence-electron chi connectivity index (χ4n) is 2.49. The second kappa shape index (κ2) is 9.18. The number of hydrogen-bond donors (Lipinski definition) is 3. The first-order valence-electron chi connectivity index (χ1n) is 7.73. The molecule has 144 valence electrons. The Bertz CT molecular complexity index is 637. The van der Waals surface area contributed by atoms with Crippen molar-refractivity contribution in [3.63, 3.8) is 0 Å². The van der Waals surface area contributed by atoms with Crippen molar-refractivity contribution < 1.29 is 32.7 Å². The van der Waals surface area contributed by atoms with Crippen LogP contribution in [0.2, 0.25) is 0 Å². The molecule has 0 aliphatic carbocycles. The fourth-order valence-corrected chi connectivity index (χ4v) is 2.49. The molecule has 0 spiro atoms. The summed E-state index contributed by atoms with van der Waals surface area (Å²) < 4.78 is 31.7. The molecular weight excluding hydrogens is 355 g/mol. The van der Waals surface area contributed by atoms with E-state index in [0.29, 0.717) is 19.4 Å². The predicted octanol–water partition coefficient (Wildman–Crippen LogP) is 0.666. The number of carbonyl (C=O) groups excluding carboxylic acids is 2. The fraction of sp³-hybridized carbons (Fsp3) is 0.438. The van der Waals surface area contributed by atoms with Crippen LogP contribution < -0.4 is 11.5 Å². The molecule has 1 aliphatic heterocycles. The lowest BCUT2D eigenvalue weighted by Crippen LogP contribution is -2.50. The van der Waals surface area contributed by atoms with E-state index in [1.807, 2.05) is 30.3 Å². The molecule has 2 atom stereocenters. The predicted molar refractivity (Wildman–Crippen MR) is 85.7 cm³/mol. The molecule has 1 aliphatic rings. The molecule has 1 fully saturated rings. The van der Waals surface area contributed by atoms with Gasteiger partial charge < -0.3 is 21.5 Å². The maximum absolute atomic E-state index is 12.3. The summed E-state index contributed by atoms with van der Waals surface area (Å²) in [6.45, 7) is 0.564. The number of rotatable bonds is 4. The molecule has 0 saturated carbocycles. The molecule has 2 rings (SSSR count). The maximum atomic E-state index is 12.3. The van der Waals surface area contributed by atoms with Gasteiger partial charge in [0.15, 0.2) is 0 Å². The molecule has 7 nitrogen and oxygen atoms in total. The lowest BCUT2D eigenvalue weighted by Gasteiger charge is -2.25. The van der Waals surface area contributed by atoms with Crippen LogP contribution in [0.5, 0.6) is 0 Å². The largest absolute Gasteiger partial charge is 0.490 e. The molecular formula is C16H20F3N3O4. The number of benzene rings is 1. The van der Waals surface area contributed by atoms with E-state index >= 15 is 0 Å². The van der Waals surface area contributed by atoms with Crippen molar-refractivity contribution >= 4 is 17.8 Å². The number of nitrogens with zero attached hydrogens (tertiary/aromatic N) is 1. The van der Waals surface area contributed by atoms with Crippen LogP contribution in [0.4, 0.5) is 13.2 Å². The molecule has 0 radical (unpaired) electrons. The summed E-state index contributed by atoms with van der Waals surface area (Å²) >= 11 is 0. The van der Waals surface area contributed by atoms with Gasteiger partial charge in [0.05, 0.1) is 6.04 Å². The summed E-state index contributed by atoms with van der Waals surface area (Å²) in [4.78, 5) is 34.0. The number of carboxylic acids is 1. The van der Waals surface area contributed by atoms with Gasteiger partial charge in [0.1, 0.15) is 6.04 Å². The first kappa shape index (κ1) is 21.4. The third-order valence-electron chi connectivity index (χ3n) is 3.72. The van der Waals surface area contributed by atoms with Crippen molar-refractivity contribution in [2.24, 2.45) is 11.5 Å². The van der Waals surface area contributed by atoms with Crippen LogP contribution in [-0.4, -0.2) is 52.6 Å². The lowest BCUT2D eigenvalue weighted by atomic mass is 10.1. The van der Waals surface area contributed by atoms with Gasteiger partial charge >= 0.3 is 12.1 Å². The van der Waals surface area contributed by atoms with Crippen molar-refractivity contribution in [3.05, 3.63) is 35.9 Å². The number of carboxylic acid groups (broad SMARTS) is 1. The van der Waals surface area contributed by atoms with Gasteiger partial charge in [-0.05, 0) is 24.8 Å². The van der Waals surface area contributed by atoms with E-state index in [9.17, 15) is 22.8 Å². The van der Waals surface area contributed by atoms with Crippen LogP contribution >= 0.6 is 0 Å². The molecule has 5 N–H and O–H groups in total. The summed E-state index contributed by atoms with van der Waals surface area (Å²) in [5.74, 6) is -3.39. The Morgan fingerprint density at radius 3 is 2.23 bits per heavy atom. The molecule has 0 aromatic heterocycles. The highest BCUT2D eigenvalue weighted by Crippen LogP contribution is 2.18. The Morgan fingerprint density at radius 1 is 1.23 bits per heavy atom. The second-order valence-electron chi connectivity index (χ2n) is 5.69. The van der Waals surface area contributed by atoms with Crippen LogP contribution in [0.1, 0.15) is 18.4 Å². The zero-order valence-corrected chi connectivity index (χ0v) is 13.8. The smallest absolute Gasteiger partial charge is 0.475 e. The average Bonchev–Trinajstić information content (AvgIpc) is 3.04. The quantitative estimate of drug-likeness (QED) is 0.713. The van der Waals surface area contributed by atoms with Gasteiger partial charge in [-0.3, -0.25) is 9.59 Å². The molecule has 1 saturated heterocycles. The van der Waals surface area contributed by atoms with E-state index in [1.165, 1.54) is 4.90 Å². The van der Waals surface area contributed by atoms with Gasteiger partial charge in [-0.25, -0.2) is 4.79 Å². The van der Waals surface area contributed by atoms with Gasteiger partial charge in [-0.2, -0.15) is 13.2 Å². The van der Waals surface area contributed by atoms with Crippen molar-refractivity contribution in [2.45, 2.75) is 37.5 Å². The summed E-state index contributed by atoms with van der Waals surface area (Å²) in [5, 5.41) is 7.12. The van der Waals surface area contributed by atoms with E-state index < -0.39 is 30.1 Å². The van der Waals surface area contributed by atoms with Gasteiger partial charge in [0, 0.05) is 6.54 Å². The van der Waals surface area contributed by atoms with Gasteiger partial charge in [0.2, 0.25) is 11.8 Å². The number of primary amides is 1. The summed E-state index contributed by atoms with van der Waals surface area (Å²) in [6.07, 6.45) is -3.17. The summed E-state index contributed by atoms with van der Waals surface area (Å²) in [6, 6.07) is 8.49. The third kappa shape index (κ3) is 6.36. The second-order valence-corrected chi connectivity index (χ2v) is 5.69. The van der Waals surface area contributed by atoms with Crippen LogP contribution in [0.15, 0.2) is 30.3 Å². The highest BCUT2D eigenvalue weighted by molar-refractivity contribution is 5.89. The van der Waals surface area contributed by atoms with Crippen molar-refractivity contribution in [3.8, 4) is 0 Å². The standard InChI is InChI=1S/C14H19N3O2.C2HF3O2/c15-11(9-10-5-2-1-3-6-10)14(19)17-8-4-7-12(17)13(16)18;3-2(4,5)1(6)7/h1-3,5-6,11-12H,4,7-9,15H2,(H2,16,18);(H,6,7). The lowest BCUT2D eigenvalue weighted by molar-refractivity contribution is -0.192. The van der Waals surface area contributed by atoms with E-state index in [1.54, 1.807) is 0 Å². The Balaban J connectivity index is 0.000000412. The monoisotopic (exact) mass is 375 g/mol. The minimum absolute atomic E-state index is 0.190. The number of nitrogens with two attached hydrogens (primary N) is 2. The molecule has 2 amide bonds. The molecule has 1 heterocycles. The number of alkyl halides is 3. The molecule has 1 aromatic carbocycles. The Labute approximate surface area is 147 Å². The normalized spacial score (nSPS) is 17.8. The SMILES string of the molecule is NC(=O)C1CCCN1C(=O)C(N)Cc1ccccc1.O=C(O)C(F)(F)F. The van der Waals surface area contributed by atoms with Crippen LogP contribution in [0.3, 0.4) is 0 Å². The molecule has 2 unspecified atom stereocenters. The summed E-state index contributed by atoms with van der Waals surface area (Å²) in [5.41, 5.74) is 12.3. The van der Waals surface area contributed by atoms with Gasteiger partial charge in [-0.1, -0.05) is 30.3 Å². The van der Waals surface area contributed by atoms with Crippen molar-refractivity contribution in [2.75, 3.05) is 6.54 Å². The van der Waals surface area contributed by atoms with Crippen LogP contribution in [0.25, 0.3) is 0 Å². The van der Waals surface area contributed by atoms with Crippen molar-refractivity contribution in [1.29, 1.82) is 0 Å². The highest BCUT2D eigenvalue weighted by atomic mass is 19.4. The number of amides is 2. The minimum Gasteiger partial charge on any atom is -0.475 e. The van der Waals surface area contributed by atoms with E-state index in [-0.39, 0.29) is 5.91 Å². The number of hydrogen-bond acceptors (Lipinski definition) is 4. The van der Waals surface area contributed by atoms with Crippen molar-refractivity contribution in [1.82, 2.24) is 4.90 Å². The number of aliphatic carboxylic acids is 1. The molecule has 26 heavy (non-hydrogen) atoms. The van der Waals surface area contributed by atoms with E-state index in [2.05, 4.69) is 0 Å². The highest BCUT2D eigenvalue weighted by Gasteiger charge is 2.38. The first-order valence-corrected chi connectivity index (χ1v) is 7.73. The molecule has 0 bridgehead atoms. The zero-order chi connectivity index (χ0) is 19.9. The average molecular weight is 375 g/mol.